The van der Waals surface area contributed by atoms with Crippen molar-refractivity contribution < 1.29 is 4.79 Å². The zero-order chi connectivity index (χ0) is 20.3. The van der Waals surface area contributed by atoms with Crippen LogP contribution in [0.15, 0.2) is 48.9 Å². The van der Waals surface area contributed by atoms with Crippen LogP contribution in [0.2, 0.25) is 0 Å². The quantitative estimate of drug-likeness (QED) is 0.670. The summed E-state index contributed by atoms with van der Waals surface area (Å²) in [4.78, 5) is 23.9. The first-order valence-electron chi connectivity index (χ1n) is 10.8. The van der Waals surface area contributed by atoms with E-state index in [0.29, 0.717) is 17.4 Å². The Hall–Kier alpha value is -3.09. The number of rotatable bonds is 4. The van der Waals surface area contributed by atoms with Crippen molar-refractivity contribution in [2.24, 2.45) is 5.92 Å². The van der Waals surface area contributed by atoms with Gasteiger partial charge in [-0.15, -0.1) is 10.2 Å². The van der Waals surface area contributed by atoms with Gasteiger partial charge in [-0.25, -0.2) is 4.98 Å². The van der Waals surface area contributed by atoms with Crippen LogP contribution in [0.3, 0.4) is 0 Å². The van der Waals surface area contributed by atoms with Gasteiger partial charge in [0.15, 0.2) is 5.82 Å². The highest BCUT2D eigenvalue weighted by atomic mass is 16.2. The topological polar surface area (TPSA) is 76.8 Å². The van der Waals surface area contributed by atoms with Gasteiger partial charge in [0.2, 0.25) is 5.91 Å². The van der Waals surface area contributed by atoms with E-state index in [1.54, 1.807) is 18.6 Å². The second-order valence-corrected chi connectivity index (χ2v) is 8.28. The minimum absolute atomic E-state index is 0.201. The van der Waals surface area contributed by atoms with Gasteiger partial charge in [0, 0.05) is 32.0 Å². The third-order valence-corrected chi connectivity index (χ3v) is 6.35. The van der Waals surface area contributed by atoms with Crippen LogP contribution >= 0.6 is 0 Å². The molecule has 30 heavy (non-hydrogen) atoms. The monoisotopic (exact) mass is 402 g/mol. The molecule has 0 saturated carbocycles. The van der Waals surface area contributed by atoms with Gasteiger partial charge in [-0.3, -0.25) is 9.78 Å². The summed E-state index contributed by atoms with van der Waals surface area (Å²) in [6.45, 7) is 2.48. The molecule has 1 atom stereocenters. The molecule has 0 radical (unpaired) electrons. The van der Waals surface area contributed by atoms with Crippen LogP contribution in [0.4, 0.5) is 0 Å². The molecule has 7 heteroatoms. The molecule has 154 valence electrons. The highest BCUT2D eigenvalue weighted by molar-refractivity contribution is 5.83. The fourth-order valence-electron chi connectivity index (χ4n) is 4.74. The summed E-state index contributed by atoms with van der Waals surface area (Å²) in [5, 5.41) is 8.74. The van der Waals surface area contributed by atoms with Gasteiger partial charge < -0.3 is 9.47 Å². The SMILES string of the molecule is O=C(C1CCCn2c(-c3cnccn3)nnc21)N1CCC(Cc2ccccc2)CC1. The van der Waals surface area contributed by atoms with Gasteiger partial charge in [-0.1, -0.05) is 30.3 Å². The summed E-state index contributed by atoms with van der Waals surface area (Å²) < 4.78 is 2.05. The van der Waals surface area contributed by atoms with Gasteiger partial charge in [-0.2, -0.15) is 0 Å². The number of nitrogens with zero attached hydrogens (tertiary/aromatic N) is 6. The van der Waals surface area contributed by atoms with Crippen LogP contribution in [-0.4, -0.2) is 48.6 Å². The van der Waals surface area contributed by atoms with Crippen LogP contribution < -0.4 is 0 Å². The lowest BCUT2D eigenvalue weighted by molar-refractivity contribution is -0.135. The first-order valence-corrected chi connectivity index (χ1v) is 10.8. The largest absolute Gasteiger partial charge is 0.342 e. The lowest BCUT2D eigenvalue weighted by Crippen LogP contribution is -2.42. The Balaban J connectivity index is 1.26. The number of carbonyl (C=O) groups excluding carboxylic acids is 1. The van der Waals surface area contributed by atoms with E-state index >= 15 is 0 Å². The molecule has 0 N–H and O–H groups in total. The average molecular weight is 403 g/mol. The molecule has 2 aliphatic rings. The second-order valence-electron chi connectivity index (χ2n) is 8.28. The Labute approximate surface area is 176 Å². The fraction of sp³-hybridized carbons (Fsp3) is 0.435. The summed E-state index contributed by atoms with van der Waals surface area (Å²) >= 11 is 0. The lowest BCUT2D eigenvalue weighted by atomic mass is 9.89. The third-order valence-electron chi connectivity index (χ3n) is 6.35. The maximum Gasteiger partial charge on any atom is 0.233 e. The number of aromatic nitrogens is 5. The summed E-state index contributed by atoms with van der Waals surface area (Å²) in [5.74, 6) is 2.12. The zero-order valence-electron chi connectivity index (χ0n) is 17.0. The molecule has 3 aromatic rings. The molecule has 1 unspecified atom stereocenters. The summed E-state index contributed by atoms with van der Waals surface area (Å²) in [6, 6.07) is 10.6. The molecule has 0 bridgehead atoms. The number of benzene rings is 1. The Morgan fingerprint density at radius 2 is 1.83 bits per heavy atom. The van der Waals surface area contributed by atoms with Gasteiger partial charge in [-0.05, 0) is 43.6 Å². The van der Waals surface area contributed by atoms with Crippen molar-refractivity contribution in [1.82, 2.24) is 29.6 Å². The summed E-state index contributed by atoms with van der Waals surface area (Å²) in [7, 11) is 0. The maximum absolute atomic E-state index is 13.3. The number of amides is 1. The van der Waals surface area contributed by atoms with E-state index in [1.165, 1.54) is 5.56 Å². The van der Waals surface area contributed by atoms with Crippen molar-refractivity contribution >= 4 is 5.91 Å². The second kappa shape index (κ2) is 8.34. The standard InChI is InChI=1S/C23H26N6O/c30-23(28-13-8-18(9-14-28)15-17-5-2-1-3-6-17)19-7-4-12-29-21(19)26-27-22(29)20-16-24-10-11-25-20/h1-3,5-6,10-11,16,18-19H,4,7-9,12-15H2. The van der Waals surface area contributed by atoms with Crippen molar-refractivity contribution in [3.05, 3.63) is 60.3 Å². The molecule has 5 rings (SSSR count). The van der Waals surface area contributed by atoms with E-state index < -0.39 is 0 Å². The molecule has 1 amide bonds. The van der Waals surface area contributed by atoms with Crippen LogP contribution in [0, 0.1) is 5.92 Å². The van der Waals surface area contributed by atoms with E-state index in [2.05, 4.69) is 55.1 Å². The lowest BCUT2D eigenvalue weighted by Gasteiger charge is -2.35. The summed E-state index contributed by atoms with van der Waals surface area (Å²) in [5.41, 5.74) is 2.09. The molecular formula is C23H26N6O. The first kappa shape index (κ1) is 18.9. The average Bonchev–Trinajstić information content (AvgIpc) is 3.25. The third kappa shape index (κ3) is 3.72. The first-order chi connectivity index (χ1) is 14.8. The highest BCUT2D eigenvalue weighted by Gasteiger charge is 2.35. The number of hydrogen-bond acceptors (Lipinski definition) is 5. The number of likely N-dealkylation sites (tertiary alicyclic amines) is 1. The van der Waals surface area contributed by atoms with E-state index in [-0.39, 0.29) is 11.8 Å². The Morgan fingerprint density at radius 3 is 2.60 bits per heavy atom. The molecule has 4 heterocycles. The Bertz CT molecular complexity index is 995. The van der Waals surface area contributed by atoms with Crippen molar-refractivity contribution in [3.8, 4) is 11.5 Å². The molecule has 1 saturated heterocycles. The van der Waals surface area contributed by atoms with Crippen molar-refractivity contribution in [3.63, 3.8) is 0 Å². The van der Waals surface area contributed by atoms with Crippen LogP contribution in [0.5, 0.6) is 0 Å². The molecule has 2 aliphatic heterocycles. The number of carbonyl (C=O) groups is 1. The number of fused-ring (bicyclic) bond motifs is 1. The zero-order valence-corrected chi connectivity index (χ0v) is 17.0. The van der Waals surface area contributed by atoms with Crippen molar-refractivity contribution in [1.29, 1.82) is 0 Å². The van der Waals surface area contributed by atoms with Gasteiger partial charge >= 0.3 is 0 Å². The number of hydrogen-bond donors (Lipinski definition) is 0. The van der Waals surface area contributed by atoms with Gasteiger partial charge in [0.25, 0.3) is 0 Å². The van der Waals surface area contributed by atoms with E-state index in [0.717, 1.165) is 57.6 Å². The van der Waals surface area contributed by atoms with Crippen LogP contribution in [0.25, 0.3) is 11.5 Å². The fourth-order valence-corrected chi connectivity index (χ4v) is 4.74. The van der Waals surface area contributed by atoms with E-state index in [1.807, 2.05) is 4.90 Å². The predicted molar refractivity (Wildman–Crippen MR) is 112 cm³/mol. The Morgan fingerprint density at radius 1 is 1.00 bits per heavy atom. The predicted octanol–water partition coefficient (Wildman–Crippen LogP) is 3.09. The van der Waals surface area contributed by atoms with Crippen molar-refractivity contribution in [2.45, 2.75) is 44.6 Å². The van der Waals surface area contributed by atoms with Gasteiger partial charge in [0.1, 0.15) is 11.5 Å². The van der Waals surface area contributed by atoms with E-state index in [4.69, 9.17) is 0 Å². The molecule has 0 spiro atoms. The maximum atomic E-state index is 13.3. The van der Waals surface area contributed by atoms with Crippen LogP contribution in [0.1, 0.15) is 43.0 Å². The van der Waals surface area contributed by atoms with E-state index in [9.17, 15) is 4.79 Å². The van der Waals surface area contributed by atoms with Crippen molar-refractivity contribution in [2.75, 3.05) is 13.1 Å². The van der Waals surface area contributed by atoms with Crippen LogP contribution in [-0.2, 0) is 17.8 Å². The Kier molecular flexibility index (Phi) is 5.26. The molecule has 7 nitrogen and oxygen atoms in total. The molecular weight excluding hydrogens is 376 g/mol. The van der Waals surface area contributed by atoms with Gasteiger partial charge in [0.05, 0.1) is 12.1 Å². The molecule has 2 aromatic heterocycles. The minimum atomic E-state index is -0.206. The minimum Gasteiger partial charge on any atom is -0.342 e. The number of piperidine rings is 1. The summed E-state index contributed by atoms with van der Waals surface area (Å²) in [6.07, 6.45) is 9.99. The highest BCUT2D eigenvalue weighted by Crippen LogP contribution is 2.32. The molecule has 1 fully saturated rings. The smallest absolute Gasteiger partial charge is 0.233 e. The molecule has 0 aliphatic carbocycles. The molecule has 1 aromatic carbocycles. The normalized spacial score (nSPS) is 19.5.